The van der Waals surface area contributed by atoms with Crippen LogP contribution in [0.1, 0.15) is 6.42 Å². The molecular weight excluding hydrogens is 308 g/mol. The zero-order chi connectivity index (χ0) is 16.1. The van der Waals surface area contributed by atoms with Crippen molar-refractivity contribution in [2.24, 2.45) is 0 Å². The monoisotopic (exact) mass is 328 g/mol. The van der Waals surface area contributed by atoms with Gasteiger partial charge in [-0.05, 0) is 37.4 Å². The first kappa shape index (κ1) is 15.9. The normalized spacial score (nSPS) is 13.3. The highest BCUT2D eigenvalue weighted by atomic mass is 32.2. The quantitative estimate of drug-likeness (QED) is 0.915. The zero-order valence-corrected chi connectivity index (χ0v) is 13.9. The lowest BCUT2D eigenvalue weighted by atomic mass is 10.2. The Balaban J connectivity index is 1.83. The molecule has 2 aromatic rings. The molecule has 0 aliphatic carbocycles. The fourth-order valence-electron chi connectivity index (χ4n) is 2.51. The fraction of sp³-hybridized carbons (Fsp3) is 0.278. The van der Waals surface area contributed by atoms with E-state index in [1.54, 1.807) is 11.8 Å². The van der Waals surface area contributed by atoms with Gasteiger partial charge in [0, 0.05) is 22.8 Å². The van der Waals surface area contributed by atoms with E-state index >= 15 is 0 Å². The molecule has 2 aromatic carbocycles. The molecule has 0 saturated heterocycles. The Morgan fingerprint density at radius 2 is 2.04 bits per heavy atom. The van der Waals surface area contributed by atoms with E-state index < -0.39 is 0 Å². The number of nitrogens with zero attached hydrogens (tertiary/aromatic N) is 1. The van der Waals surface area contributed by atoms with Gasteiger partial charge in [-0.2, -0.15) is 0 Å². The molecule has 0 unspecified atom stereocenters. The van der Waals surface area contributed by atoms with Crippen LogP contribution in [-0.4, -0.2) is 32.7 Å². The van der Waals surface area contributed by atoms with Crippen LogP contribution in [0.4, 0.5) is 5.69 Å². The first-order chi connectivity index (χ1) is 11.3. The van der Waals surface area contributed by atoms with Crippen molar-refractivity contribution in [1.82, 2.24) is 5.32 Å². The molecular formula is C18H20N2O2S. The van der Waals surface area contributed by atoms with Crippen molar-refractivity contribution < 1.29 is 9.53 Å². The van der Waals surface area contributed by atoms with Gasteiger partial charge in [-0.1, -0.05) is 30.0 Å². The summed E-state index contributed by atoms with van der Waals surface area (Å²) in [6.45, 7) is 1.84. The molecule has 0 saturated carbocycles. The number of carbonyl (C=O) groups is 1. The maximum absolute atomic E-state index is 12.4. The van der Waals surface area contributed by atoms with Crippen LogP contribution in [-0.2, 0) is 4.79 Å². The van der Waals surface area contributed by atoms with Crippen LogP contribution < -0.4 is 15.0 Å². The maximum atomic E-state index is 12.4. The molecule has 0 radical (unpaired) electrons. The highest BCUT2D eigenvalue weighted by Crippen LogP contribution is 2.37. The van der Waals surface area contributed by atoms with Crippen molar-refractivity contribution in [3.05, 3.63) is 48.5 Å². The summed E-state index contributed by atoms with van der Waals surface area (Å²) in [4.78, 5) is 16.5. The Hall–Kier alpha value is -1.98. The van der Waals surface area contributed by atoms with Gasteiger partial charge in [-0.25, -0.2) is 0 Å². The predicted octanol–water partition coefficient (Wildman–Crippen LogP) is 3.17. The largest absolute Gasteiger partial charge is 0.490 e. The summed E-state index contributed by atoms with van der Waals surface area (Å²) in [5, 5.41) is 3.02. The van der Waals surface area contributed by atoms with Crippen molar-refractivity contribution >= 4 is 23.4 Å². The smallest absolute Gasteiger partial charge is 0.228 e. The van der Waals surface area contributed by atoms with Crippen LogP contribution in [0.2, 0.25) is 0 Å². The van der Waals surface area contributed by atoms with E-state index in [4.69, 9.17) is 4.74 Å². The number of carbonyl (C=O) groups excluding carboxylic acids is 1. The summed E-state index contributed by atoms with van der Waals surface area (Å²) >= 11 is 1.69. The second kappa shape index (κ2) is 7.53. The molecule has 0 bridgehead atoms. The molecule has 1 aliphatic rings. The first-order valence-electron chi connectivity index (χ1n) is 7.72. The Bertz CT molecular complexity index is 676. The van der Waals surface area contributed by atoms with Gasteiger partial charge in [0.05, 0.1) is 12.2 Å². The highest BCUT2D eigenvalue weighted by molar-refractivity contribution is 7.99. The standard InChI is InChI=1S/C18H20N2O2S/c1-19-10-9-18(21)20-11-12-22-17-8-7-15(13-16(17)20)23-14-5-3-2-4-6-14/h2-8,13,19H,9-12H2,1H3. The van der Waals surface area contributed by atoms with E-state index in [0.29, 0.717) is 26.1 Å². The van der Waals surface area contributed by atoms with Gasteiger partial charge in [-0.3, -0.25) is 4.79 Å². The number of fused-ring (bicyclic) bond motifs is 1. The number of hydrogen-bond donors (Lipinski definition) is 1. The van der Waals surface area contributed by atoms with Crippen molar-refractivity contribution in [3.8, 4) is 5.75 Å². The van der Waals surface area contributed by atoms with E-state index in [2.05, 4.69) is 17.4 Å². The van der Waals surface area contributed by atoms with Crippen LogP contribution >= 0.6 is 11.8 Å². The van der Waals surface area contributed by atoms with E-state index in [1.165, 1.54) is 4.90 Å². The molecule has 1 aliphatic heterocycles. The average Bonchev–Trinajstić information content (AvgIpc) is 2.60. The van der Waals surface area contributed by atoms with E-state index in [9.17, 15) is 4.79 Å². The third-order valence-electron chi connectivity index (χ3n) is 3.66. The molecule has 0 spiro atoms. The Morgan fingerprint density at radius 3 is 2.83 bits per heavy atom. The zero-order valence-electron chi connectivity index (χ0n) is 13.1. The summed E-state index contributed by atoms with van der Waals surface area (Å²) < 4.78 is 5.69. The molecule has 1 N–H and O–H groups in total. The topological polar surface area (TPSA) is 41.6 Å². The number of nitrogens with one attached hydrogen (secondary N) is 1. The lowest BCUT2D eigenvalue weighted by Crippen LogP contribution is -2.39. The minimum atomic E-state index is 0.130. The maximum Gasteiger partial charge on any atom is 0.228 e. The molecule has 1 heterocycles. The van der Waals surface area contributed by atoms with Crippen LogP contribution in [0.3, 0.4) is 0 Å². The van der Waals surface area contributed by atoms with E-state index in [1.807, 2.05) is 48.3 Å². The Labute approximate surface area is 140 Å². The van der Waals surface area contributed by atoms with Crippen molar-refractivity contribution in [2.75, 3.05) is 31.6 Å². The van der Waals surface area contributed by atoms with Crippen LogP contribution in [0.5, 0.6) is 5.75 Å². The summed E-state index contributed by atoms with van der Waals surface area (Å²) in [6, 6.07) is 16.3. The van der Waals surface area contributed by atoms with Crippen LogP contribution in [0.25, 0.3) is 0 Å². The first-order valence-corrected chi connectivity index (χ1v) is 8.54. The summed E-state index contributed by atoms with van der Waals surface area (Å²) in [5.41, 5.74) is 0.873. The SMILES string of the molecule is CNCCC(=O)N1CCOc2ccc(Sc3ccccc3)cc21. The van der Waals surface area contributed by atoms with Crippen LogP contribution in [0.15, 0.2) is 58.3 Å². The third kappa shape index (κ3) is 3.86. The lowest BCUT2D eigenvalue weighted by molar-refractivity contribution is -0.118. The number of anilines is 1. The van der Waals surface area contributed by atoms with Gasteiger partial charge < -0.3 is 15.0 Å². The van der Waals surface area contributed by atoms with Crippen molar-refractivity contribution in [3.63, 3.8) is 0 Å². The second-order valence-corrected chi connectivity index (χ2v) is 6.44. The van der Waals surface area contributed by atoms with Gasteiger partial charge in [0.1, 0.15) is 12.4 Å². The number of rotatable bonds is 5. The lowest BCUT2D eigenvalue weighted by Gasteiger charge is -2.30. The highest BCUT2D eigenvalue weighted by Gasteiger charge is 2.23. The molecule has 0 aromatic heterocycles. The van der Waals surface area contributed by atoms with Crippen molar-refractivity contribution in [2.45, 2.75) is 16.2 Å². The predicted molar refractivity (Wildman–Crippen MR) is 93.4 cm³/mol. The summed E-state index contributed by atoms with van der Waals surface area (Å²) in [6.07, 6.45) is 0.492. The fourth-order valence-corrected chi connectivity index (χ4v) is 3.38. The van der Waals surface area contributed by atoms with Gasteiger partial charge in [0.25, 0.3) is 0 Å². The molecule has 0 fully saturated rings. The molecule has 23 heavy (non-hydrogen) atoms. The number of ether oxygens (including phenoxy) is 1. The molecule has 3 rings (SSSR count). The van der Waals surface area contributed by atoms with E-state index in [-0.39, 0.29) is 5.91 Å². The minimum absolute atomic E-state index is 0.130. The molecule has 1 amide bonds. The summed E-state index contributed by atoms with van der Waals surface area (Å²) in [7, 11) is 1.86. The van der Waals surface area contributed by atoms with Gasteiger partial charge in [-0.15, -0.1) is 0 Å². The number of benzene rings is 2. The van der Waals surface area contributed by atoms with E-state index in [0.717, 1.165) is 16.3 Å². The Morgan fingerprint density at radius 1 is 1.22 bits per heavy atom. The third-order valence-corrected chi connectivity index (χ3v) is 4.66. The van der Waals surface area contributed by atoms with Gasteiger partial charge >= 0.3 is 0 Å². The molecule has 0 atom stereocenters. The molecule has 5 heteroatoms. The number of amides is 1. The summed E-state index contributed by atoms with van der Waals surface area (Å²) in [5.74, 6) is 0.914. The van der Waals surface area contributed by atoms with Gasteiger partial charge in [0.15, 0.2) is 0 Å². The van der Waals surface area contributed by atoms with Crippen molar-refractivity contribution in [1.29, 1.82) is 0 Å². The average molecular weight is 328 g/mol. The van der Waals surface area contributed by atoms with Gasteiger partial charge in [0.2, 0.25) is 5.91 Å². The molecule has 4 nitrogen and oxygen atoms in total. The Kier molecular flexibility index (Phi) is 5.20. The second-order valence-electron chi connectivity index (χ2n) is 5.29. The molecule has 120 valence electrons. The van der Waals surface area contributed by atoms with Crippen LogP contribution in [0, 0.1) is 0 Å². The minimum Gasteiger partial charge on any atom is -0.490 e. The number of hydrogen-bond acceptors (Lipinski definition) is 4.